The molecule has 1 aromatic heterocycles. The maximum Gasteiger partial charge on any atom is 0.348 e. The van der Waals surface area contributed by atoms with Gasteiger partial charge >= 0.3 is 6.03 Å². The number of urea groups is 1. The van der Waals surface area contributed by atoms with Crippen LogP contribution >= 0.6 is 0 Å². The average Bonchev–Trinajstić information content (AvgIpc) is 2.69. The second-order valence-electron chi connectivity index (χ2n) is 2.81. The van der Waals surface area contributed by atoms with Crippen molar-refractivity contribution in [3.63, 3.8) is 0 Å². The Morgan fingerprint density at radius 1 is 1.40 bits per heavy atom. The number of hydrazine groups is 2. The van der Waals surface area contributed by atoms with Gasteiger partial charge in [0, 0.05) is 0 Å². The molecule has 0 aliphatic rings. The van der Waals surface area contributed by atoms with Gasteiger partial charge in [-0.15, -0.1) is 0 Å². The molecule has 1 heterocycles. The third kappa shape index (κ3) is 1.81. The van der Waals surface area contributed by atoms with Gasteiger partial charge in [-0.1, -0.05) is 12.1 Å². The maximum absolute atomic E-state index is 10.8. The number of rotatable bonds is 2. The number of hydrogen-bond acceptors (Lipinski definition) is 4. The fourth-order valence-electron chi connectivity index (χ4n) is 1.20. The molecule has 7 nitrogen and oxygen atoms in total. The summed E-state index contributed by atoms with van der Waals surface area (Å²) in [6.07, 6.45) is 1.56. The van der Waals surface area contributed by atoms with Gasteiger partial charge in [0.1, 0.15) is 6.33 Å². The van der Waals surface area contributed by atoms with Gasteiger partial charge in [0.05, 0.1) is 11.0 Å². The topological polar surface area (TPSA) is 97.0 Å². The number of benzene rings is 1. The van der Waals surface area contributed by atoms with Crippen molar-refractivity contribution < 1.29 is 4.79 Å². The first-order valence-corrected chi connectivity index (χ1v) is 4.26. The monoisotopic (exact) mass is 206 g/mol. The zero-order valence-corrected chi connectivity index (χ0v) is 7.77. The highest BCUT2D eigenvalue weighted by Crippen LogP contribution is 2.09. The van der Waals surface area contributed by atoms with E-state index in [1.165, 1.54) is 0 Å². The highest BCUT2D eigenvalue weighted by molar-refractivity contribution is 5.76. The quantitative estimate of drug-likeness (QED) is 0.307. The van der Waals surface area contributed by atoms with Crippen LogP contribution in [0.5, 0.6) is 0 Å². The van der Waals surface area contributed by atoms with E-state index in [2.05, 4.69) is 15.9 Å². The summed E-state index contributed by atoms with van der Waals surface area (Å²) in [6, 6.07) is 6.98. The minimum absolute atomic E-state index is 0.534. The molecular weight excluding hydrogens is 196 g/mol. The van der Waals surface area contributed by atoms with E-state index in [9.17, 15) is 4.79 Å². The Bertz CT molecular complexity index is 479. The Hall–Kier alpha value is -2.28. The SMILES string of the molecule is NNC(=O)NNn1cnc2ccccc21. The number of para-hydroxylation sites is 2. The van der Waals surface area contributed by atoms with E-state index in [0.717, 1.165) is 11.0 Å². The summed E-state index contributed by atoms with van der Waals surface area (Å²) in [5, 5.41) is 0. The Labute approximate surface area is 85.2 Å². The fraction of sp³-hybridized carbons (Fsp3) is 0. The molecule has 0 atom stereocenters. The number of nitrogens with one attached hydrogen (secondary N) is 3. The summed E-state index contributed by atoms with van der Waals surface area (Å²) in [4.78, 5) is 14.9. The van der Waals surface area contributed by atoms with Crippen molar-refractivity contribution in [3.05, 3.63) is 30.6 Å². The minimum atomic E-state index is -0.534. The number of carbonyl (C=O) groups is 1. The first-order chi connectivity index (χ1) is 7.31. The van der Waals surface area contributed by atoms with Gasteiger partial charge in [0.15, 0.2) is 0 Å². The molecule has 0 spiro atoms. The summed E-state index contributed by atoms with van der Waals surface area (Å²) in [7, 11) is 0. The molecule has 1 aromatic carbocycles. The molecule has 0 bridgehead atoms. The van der Waals surface area contributed by atoms with E-state index >= 15 is 0 Å². The Morgan fingerprint density at radius 2 is 2.20 bits per heavy atom. The lowest BCUT2D eigenvalue weighted by Gasteiger charge is -2.08. The van der Waals surface area contributed by atoms with Crippen LogP contribution < -0.4 is 22.2 Å². The molecule has 2 rings (SSSR count). The third-order valence-electron chi connectivity index (χ3n) is 1.87. The van der Waals surface area contributed by atoms with E-state index in [0.29, 0.717) is 0 Å². The van der Waals surface area contributed by atoms with Gasteiger partial charge < -0.3 is 0 Å². The van der Waals surface area contributed by atoms with E-state index in [-0.39, 0.29) is 0 Å². The Kier molecular flexibility index (Phi) is 2.38. The Balaban J connectivity index is 2.18. The normalized spacial score (nSPS) is 9.93. The molecule has 2 amide bonds. The molecular formula is C8H10N6O. The molecule has 15 heavy (non-hydrogen) atoms. The highest BCUT2D eigenvalue weighted by Gasteiger charge is 2.00. The molecule has 0 saturated carbocycles. The lowest BCUT2D eigenvalue weighted by atomic mass is 10.3. The second kappa shape index (κ2) is 3.84. The van der Waals surface area contributed by atoms with E-state index in [1.54, 1.807) is 11.0 Å². The molecule has 7 heteroatoms. The number of fused-ring (bicyclic) bond motifs is 1. The summed E-state index contributed by atoms with van der Waals surface area (Å²) < 4.78 is 1.57. The maximum atomic E-state index is 10.8. The molecule has 0 aliphatic carbocycles. The van der Waals surface area contributed by atoms with Crippen molar-refractivity contribution in [3.8, 4) is 0 Å². The zero-order chi connectivity index (χ0) is 10.7. The van der Waals surface area contributed by atoms with Gasteiger partial charge in [0.25, 0.3) is 0 Å². The first-order valence-electron chi connectivity index (χ1n) is 4.26. The Morgan fingerprint density at radius 3 is 3.00 bits per heavy atom. The average molecular weight is 206 g/mol. The number of imidazole rings is 1. The van der Waals surface area contributed by atoms with Crippen molar-refractivity contribution in [1.29, 1.82) is 0 Å². The van der Waals surface area contributed by atoms with Crippen LogP contribution in [0.2, 0.25) is 0 Å². The van der Waals surface area contributed by atoms with Gasteiger partial charge in [-0.25, -0.2) is 31.3 Å². The molecule has 0 unspecified atom stereocenters. The molecule has 78 valence electrons. The number of hydrogen-bond donors (Lipinski definition) is 4. The largest absolute Gasteiger partial charge is 0.348 e. The summed E-state index contributed by atoms with van der Waals surface area (Å²) in [5.41, 5.74) is 8.57. The van der Waals surface area contributed by atoms with Crippen molar-refractivity contribution in [2.24, 2.45) is 5.84 Å². The summed E-state index contributed by atoms with van der Waals surface area (Å²) in [6.45, 7) is 0. The van der Waals surface area contributed by atoms with Crippen LogP contribution in [0.25, 0.3) is 11.0 Å². The van der Waals surface area contributed by atoms with Gasteiger partial charge in [-0.3, -0.25) is 5.43 Å². The van der Waals surface area contributed by atoms with Crippen LogP contribution in [0.4, 0.5) is 4.79 Å². The second-order valence-corrected chi connectivity index (χ2v) is 2.81. The molecule has 5 N–H and O–H groups in total. The van der Waals surface area contributed by atoms with Crippen molar-refractivity contribution in [2.75, 3.05) is 5.53 Å². The highest BCUT2D eigenvalue weighted by atomic mass is 16.2. The molecule has 0 radical (unpaired) electrons. The van der Waals surface area contributed by atoms with Gasteiger partial charge in [-0.05, 0) is 12.1 Å². The number of nitrogens with two attached hydrogens (primary N) is 1. The van der Waals surface area contributed by atoms with Crippen molar-refractivity contribution >= 4 is 17.1 Å². The number of nitrogens with zero attached hydrogens (tertiary/aromatic N) is 2. The number of aromatic nitrogens is 2. The molecule has 0 fully saturated rings. The summed E-state index contributed by atoms with van der Waals surface area (Å²) >= 11 is 0. The van der Waals surface area contributed by atoms with Crippen molar-refractivity contribution in [1.82, 2.24) is 20.5 Å². The van der Waals surface area contributed by atoms with Crippen LogP contribution in [-0.4, -0.2) is 15.7 Å². The van der Waals surface area contributed by atoms with E-state index < -0.39 is 6.03 Å². The van der Waals surface area contributed by atoms with Crippen molar-refractivity contribution in [2.45, 2.75) is 0 Å². The predicted molar refractivity (Wildman–Crippen MR) is 54.9 cm³/mol. The lowest BCUT2D eigenvalue weighted by Crippen LogP contribution is -2.45. The zero-order valence-electron chi connectivity index (χ0n) is 7.77. The number of amides is 2. The lowest BCUT2D eigenvalue weighted by molar-refractivity contribution is 0.242. The van der Waals surface area contributed by atoms with Crippen LogP contribution in [0.15, 0.2) is 30.6 Å². The smallest absolute Gasteiger partial charge is 0.275 e. The third-order valence-corrected chi connectivity index (χ3v) is 1.87. The van der Waals surface area contributed by atoms with E-state index in [4.69, 9.17) is 5.84 Å². The van der Waals surface area contributed by atoms with Gasteiger partial charge in [-0.2, -0.15) is 0 Å². The predicted octanol–water partition coefficient (Wildman–Crippen LogP) is -0.332. The molecule has 0 saturated heterocycles. The van der Waals surface area contributed by atoms with E-state index in [1.807, 2.05) is 29.7 Å². The van der Waals surface area contributed by atoms with Gasteiger partial charge in [0.2, 0.25) is 0 Å². The van der Waals surface area contributed by atoms with Crippen LogP contribution in [-0.2, 0) is 0 Å². The van der Waals surface area contributed by atoms with Crippen LogP contribution in [0, 0.1) is 0 Å². The number of carbonyl (C=O) groups excluding carboxylic acids is 1. The van der Waals surface area contributed by atoms with Crippen LogP contribution in [0.1, 0.15) is 0 Å². The van der Waals surface area contributed by atoms with Crippen LogP contribution in [0.3, 0.4) is 0 Å². The standard InChI is InChI=1S/C8H10N6O/c9-11-8(15)12-13-14-5-10-6-3-1-2-4-7(6)14/h1-5,13H,9H2,(H2,11,12,15). The molecule has 2 aromatic rings. The fourth-order valence-corrected chi connectivity index (χ4v) is 1.20. The first kappa shape index (κ1) is 9.28. The summed E-state index contributed by atoms with van der Waals surface area (Å²) in [5.74, 6) is 4.90. The molecule has 0 aliphatic heterocycles. The minimum Gasteiger partial charge on any atom is -0.275 e.